The Labute approximate surface area is 96.6 Å². The molecule has 5 heteroatoms. The molecule has 2 rings (SSSR count). The van der Waals surface area contributed by atoms with E-state index >= 15 is 0 Å². The number of thioether (sulfide) groups is 1. The molecular formula is C11H11F2NOS. The molecule has 1 aromatic rings. The maximum Gasteiger partial charge on any atom is 0.220 e. The molecule has 0 saturated carbocycles. The molecule has 0 aromatic heterocycles. The summed E-state index contributed by atoms with van der Waals surface area (Å²) in [4.78, 5) is 12.9. The van der Waals surface area contributed by atoms with E-state index in [9.17, 15) is 13.6 Å². The van der Waals surface area contributed by atoms with Crippen molar-refractivity contribution >= 4 is 17.7 Å². The third kappa shape index (κ3) is 2.04. The predicted molar refractivity (Wildman–Crippen MR) is 58.9 cm³/mol. The first-order valence-electron chi connectivity index (χ1n) is 4.93. The highest BCUT2D eigenvalue weighted by molar-refractivity contribution is 7.99. The molecular weight excluding hydrogens is 232 g/mol. The summed E-state index contributed by atoms with van der Waals surface area (Å²) in [5.41, 5.74) is 0.374. The van der Waals surface area contributed by atoms with Gasteiger partial charge in [0.25, 0.3) is 0 Å². The van der Waals surface area contributed by atoms with Gasteiger partial charge in [-0.3, -0.25) is 4.79 Å². The summed E-state index contributed by atoms with van der Waals surface area (Å²) < 4.78 is 26.3. The van der Waals surface area contributed by atoms with E-state index in [0.717, 1.165) is 11.8 Å². The van der Waals surface area contributed by atoms with Crippen molar-refractivity contribution < 1.29 is 13.6 Å². The van der Waals surface area contributed by atoms with Crippen LogP contribution in [0, 0.1) is 11.6 Å². The average Bonchev–Trinajstić information content (AvgIpc) is 2.66. The minimum Gasteiger partial charge on any atom is -0.326 e. The van der Waals surface area contributed by atoms with Gasteiger partial charge >= 0.3 is 0 Å². The van der Waals surface area contributed by atoms with Crippen LogP contribution in [0.3, 0.4) is 0 Å². The first kappa shape index (κ1) is 11.4. The molecule has 0 N–H and O–H groups in total. The van der Waals surface area contributed by atoms with Crippen molar-refractivity contribution in [1.82, 2.24) is 4.90 Å². The fourth-order valence-electron chi connectivity index (χ4n) is 1.75. The first-order valence-corrected chi connectivity index (χ1v) is 5.98. The Balaban J connectivity index is 2.32. The molecule has 1 aliphatic rings. The molecule has 0 bridgehead atoms. The van der Waals surface area contributed by atoms with Gasteiger partial charge in [-0.05, 0) is 6.07 Å². The van der Waals surface area contributed by atoms with E-state index < -0.39 is 11.6 Å². The second-order valence-electron chi connectivity index (χ2n) is 3.60. The zero-order chi connectivity index (χ0) is 11.7. The van der Waals surface area contributed by atoms with Crippen LogP contribution >= 0.6 is 11.8 Å². The largest absolute Gasteiger partial charge is 0.326 e. The molecule has 1 heterocycles. The Hall–Kier alpha value is -1.10. The van der Waals surface area contributed by atoms with Gasteiger partial charge in [0.2, 0.25) is 5.91 Å². The monoisotopic (exact) mass is 243 g/mol. The number of benzene rings is 1. The number of rotatable bonds is 1. The van der Waals surface area contributed by atoms with Gasteiger partial charge in [0.15, 0.2) is 0 Å². The molecule has 1 fully saturated rings. The van der Waals surface area contributed by atoms with E-state index in [2.05, 4.69) is 0 Å². The highest BCUT2D eigenvalue weighted by Gasteiger charge is 2.30. The second-order valence-corrected chi connectivity index (χ2v) is 4.79. The molecule has 0 radical (unpaired) electrons. The zero-order valence-corrected chi connectivity index (χ0v) is 9.56. The fraction of sp³-hybridized carbons (Fsp3) is 0.364. The number of carbonyl (C=O) groups is 1. The Bertz CT molecular complexity index is 424. The van der Waals surface area contributed by atoms with Crippen LogP contribution in [0.15, 0.2) is 18.2 Å². The predicted octanol–water partition coefficient (Wildman–Crippen LogP) is 2.56. The van der Waals surface area contributed by atoms with Gasteiger partial charge in [0.1, 0.15) is 17.0 Å². The van der Waals surface area contributed by atoms with Gasteiger partial charge in [-0.1, -0.05) is 6.07 Å². The molecule has 16 heavy (non-hydrogen) atoms. The average molecular weight is 243 g/mol. The lowest BCUT2D eigenvalue weighted by atomic mass is 10.2. The molecule has 1 aromatic carbocycles. The van der Waals surface area contributed by atoms with Crippen LogP contribution in [0.4, 0.5) is 8.78 Å². The lowest BCUT2D eigenvalue weighted by Gasteiger charge is -2.22. The maximum absolute atomic E-state index is 13.5. The Morgan fingerprint density at radius 2 is 2.25 bits per heavy atom. The Kier molecular flexibility index (Phi) is 3.14. The molecule has 1 aliphatic heterocycles. The van der Waals surface area contributed by atoms with Crippen LogP contribution in [0.5, 0.6) is 0 Å². The van der Waals surface area contributed by atoms with Crippen LogP contribution in [0.1, 0.15) is 17.9 Å². The summed E-state index contributed by atoms with van der Waals surface area (Å²) in [5, 5.41) is -0.321. The number of carbonyl (C=O) groups excluding carboxylic acids is 1. The smallest absolute Gasteiger partial charge is 0.220 e. The molecule has 0 spiro atoms. The van der Waals surface area contributed by atoms with Crippen LogP contribution < -0.4 is 0 Å². The van der Waals surface area contributed by atoms with Gasteiger partial charge in [-0.25, -0.2) is 8.78 Å². The van der Waals surface area contributed by atoms with Gasteiger partial charge in [0, 0.05) is 30.9 Å². The van der Waals surface area contributed by atoms with E-state index in [0.29, 0.717) is 12.1 Å². The molecule has 1 saturated heterocycles. The highest BCUT2D eigenvalue weighted by atomic mass is 32.2. The van der Waals surface area contributed by atoms with Gasteiger partial charge in [-0.2, -0.15) is 0 Å². The molecule has 1 atom stereocenters. The van der Waals surface area contributed by atoms with Crippen LogP contribution in [0.2, 0.25) is 0 Å². The molecule has 2 nitrogen and oxygen atoms in total. The number of amides is 1. The lowest BCUT2D eigenvalue weighted by molar-refractivity contribution is -0.128. The minimum atomic E-state index is -0.598. The topological polar surface area (TPSA) is 20.3 Å². The van der Waals surface area contributed by atoms with Gasteiger partial charge in [-0.15, -0.1) is 11.8 Å². The number of nitrogens with zero attached hydrogens (tertiary/aromatic N) is 1. The first-order chi connectivity index (χ1) is 7.59. The summed E-state index contributed by atoms with van der Waals surface area (Å²) in [6.07, 6.45) is 0. The normalized spacial score (nSPS) is 20.2. The van der Waals surface area contributed by atoms with Gasteiger partial charge < -0.3 is 4.90 Å². The van der Waals surface area contributed by atoms with E-state index in [-0.39, 0.29) is 11.3 Å². The summed E-state index contributed by atoms with van der Waals surface area (Å²) in [6, 6.07) is 3.48. The van der Waals surface area contributed by atoms with Crippen LogP contribution in [0.25, 0.3) is 0 Å². The highest BCUT2D eigenvalue weighted by Crippen LogP contribution is 2.38. The molecule has 1 amide bonds. The third-order valence-corrected chi connectivity index (χ3v) is 3.77. The molecule has 0 aliphatic carbocycles. The van der Waals surface area contributed by atoms with E-state index in [1.165, 1.54) is 30.8 Å². The molecule has 86 valence electrons. The van der Waals surface area contributed by atoms with Crippen LogP contribution in [-0.2, 0) is 4.79 Å². The number of halogens is 2. The summed E-state index contributed by atoms with van der Waals surface area (Å²) in [7, 11) is 0. The van der Waals surface area contributed by atoms with E-state index in [4.69, 9.17) is 0 Å². The fourth-order valence-corrected chi connectivity index (χ4v) is 3.08. The lowest BCUT2D eigenvalue weighted by Crippen LogP contribution is -2.28. The molecule has 1 unspecified atom stereocenters. The summed E-state index contributed by atoms with van der Waals surface area (Å²) in [5.74, 6) is -0.496. The zero-order valence-electron chi connectivity index (χ0n) is 8.74. The SMILES string of the molecule is CC(=O)N1CCSC1c1ccc(F)cc1F. The quantitative estimate of drug-likeness (QED) is 0.755. The van der Waals surface area contributed by atoms with Crippen LogP contribution in [-0.4, -0.2) is 23.1 Å². The van der Waals surface area contributed by atoms with Crippen molar-refractivity contribution in [2.45, 2.75) is 12.3 Å². The number of hydrogen-bond acceptors (Lipinski definition) is 2. The van der Waals surface area contributed by atoms with Crippen molar-refractivity contribution in [1.29, 1.82) is 0 Å². The van der Waals surface area contributed by atoms with E-state index in [1.807, 2.05) is 0 Å². The van der Waals surface area contributed by atoms with Crippen molar-refractivity contribution in [3.05, 3.63) is 35.4 Å². The van der Waals surface area contributed by atoms with E-state index in [1.54, 1.807) is 4.90 Å². The van der Waals surface area contributed by atoms with Crippen molar-refractivity contribution in [3.63, 3.8) is 0 Å². The maximum atomic E-state index is 13.5. The minimum absolute atomic E-state index is 0.0845. The van der Waals surface area contributed by atoms with Crippen molar-refractivity contribution in [3.8, 4) is 0 Å². The Morgan fingerprint density at radius 1 is 1.50 bits per heavy atom. The van der Waals surface area contributed by atoms with Crippen molar-refractivity contribution in [2.75, 3.05) is 12.3 Å². The Morgan fingerprint density at radius 3 is 2.88 bits per heavy atom. The summed E-state index contributed by atoms with van der Waals surface area (Å²) >= 11 is 1.49. The van der Waals surface area contributed by atoms with Crippen molar-refractivity contribution in [2.24, 2.45) is 0 Å². The number of hydrogen-bond donors (Lipinski definition) is 0. The summed E-state index contributed by atoms with van der Waals surface area (Å²) in [6.45, 7) is 2.07. The third-order valence-electron chi connectivity index (χ3n) is 2.52. The van der Waals surface area contributed by atoms with Gasteiger partial charge in [0.05, 0.1) is 0 Å². The second kappa shape index (κ2) is 4.41. The standard InChI is InChI=1S/C11H11F2NOS/c1-7(15)14-4-5-16-11(14)9-3-2-8(12)6-10(9)13/h2-3,6,11H,4-5H2,1H3.